The molecule has 0 amide bonds. The molecule has 2 aromatic carbocycles. The lowest BCUT2D eigenvalue weighted by molar-refractivity contribution is 0.104. The number of sulfonamides is 2. The summed E-state index contributed by atoms with van der Waals surface area (Å²) < 4.78 is 50.7. The molecule has 9 heteroatoms. The van der Waals surface area contributed by atoms with Crippen molar-refractivity contribution in [2.24, 2.45) is 33.9 Å². The van der Waals surface area contributed by atoms with E-state index in [1.165, 1.54) is 18.6 Å². The van der Waals surface area contributed by atoms with E-state index in [0.717, 1.165) is 56.1 Å². The maximum absolute atomic E-state index is 13.9. The molecule has 6 atom stereocenters. The third-order valence-corrected chi connectivity index (χ3v) is 11.9. The maximum atomic E-state index is 13.9. The average Bonchev–Trinajstić information content (AvgIpc) is 3.64. The van der Waals surface area contributed by atoms with Crippen LogP contribution in [-0.4, -0.2) is 22.6 Å². The van der Waals surface area contributed by atoms with E-state index in [1.54, 1.807) is 6.07 Å². The van der Waals surface area contributed by atoms with Crippen LogP contribution in [0.15, 0.2) is 34.1 Å². The topological polar surface area (TPSA) is 137 Å². The number of carbonyl (C=O) groups is 1. The molecule has 4 saturated carbocycles. The van der Waals surface area contributed by atoms with Crippen molar-refractivity contribution < 1.29 is 21.6 Å². The van der Waals surface area contributed by atoms with Crippen molar-refractivity contribution >= 4 is 25.8 Å². The molecule has 2 aromatic rings. The van der Waals surface area contributed by atoms with Gasteiger partial charge in [0.2, 0.25) is 20.0 Å². The van der Waals surface area contributed by atoms with Crippen molar-refractivity contribution in [1.82, 2.24) is 0 Å². The van der Waals surface area contributed by atoms with Crippen molar-refractivity contribution in [1.29, 1.82) is 0 Å². The normalized spacial score (nSPS) is 32.3. The van der Waals surface area contributed by atoms with Gasteiger partial charge >= 0.3 is 0 Å². The standard InChI is InChI=1S/C27H30N2O5S2/c28-35(31,32)17-5-6-18-21-12-23(19-9-13-1-3-15(19)7-13)27(36(29,33)34)25(24(21)26(30)22(18)11-17)20-10-14-2-4-16(20)8-14/h5-6,11-16,19-20H,1-4,7-10H2,(H2,28,31,32)(H2,29,33,34). The number of rotatable bonds is 4. The van der Waals surface area contributed by atoms with Gasteiger partial charge in [0.1, 0.15) is 0 Å². The van der Waals surface area contributed by atoms with Gasteiger partial charge in [-0.1, -0.05) is 18.9 Å². The number of carbonyl (C=O) groups excluding carboxylic acids is 1. The first-order chi connectivity index (χ1) is 17.0. The second-order valence-corrected chi connectivity index (χ2v) is 14.9. The molecular formula is C27H30N2O5S2. The molecule has 7 nitrogen and oxygen atoms in total. The quantitative estimate of drug-likeness (QED) is 0.529. The first kappa shape index (κ1) is 23.1. The van der Waals surface area contributed by atoms with Crippen LogP contribution in [0.3, 0.4) is 0 Å². The fourth-order valence-electron chi connectivity index (χ4n) is 8.59. The predicted molar refractivity (Wildman–Crippen MR) is 134 cm³/mol. The molecule has 0 aromatic heterocycles. The van der Waals surface area contributed by atoms with Crippen molar-refractivity contribution in [3.8, 4) is 11.1 Å². The third kappa shape index (κ3) is 3.25. The second-order valence-electron chi connectivity index (χ2n) is 11.8. The Labute approximate surface area is 211 Å². The van der Waals surface area contributed by atoms with Crippen LogP contribution in [0.25, 0.3) is 11.1 Å². The molecular weight excluding hydrogens is 496 g/mol. The summed E-state index contributed by atoms with van der Waals surface area (Å²) in [6.45, 7) is 0. The van der Waals surface area contributed by atoms with Crippen LogP contribution >= 0.6 is 0 Å². The van der Waals surface area contributed by atoms with Gasteiger partial charge in [-0.2, -0.15) is 0 Å². The van der Waals surface area contributed by atoms with E-state index >= 15 is 0 Å². The molecule has 5 aliphatic carbocycles. The van der Waals surface area contributed by atoms with E-state index in [0.29, 0.717) is 40.4 Å². The highest BCUT2D eigenvalue weighted by atomic mass is 32.2. The number of fused-ring (bicyclic) bond motifs is 7. The van der Waals surface area contributed by atoms with Gasteiger partial charge in [-0.15, -0.1) is 0 Å². The summed E-state index contributed by atoms with van der Waals surface area (Å²) in [7, 11) is -8.10. The zero-order chi connectivity index (χ0) is 25.1. The Morgan fingerprint density at radius 3 is 1.86 bits per heavy atom. The molecule has 0 saturated heterocycles. The van der Waals surface area contributed by atoms with E-state index in [1.807, 2.05) is 6.07 Å². The van der Waals surface area contributed by atoms with Gasteiger partial charge in [0, 0.05) is 11.1 Å². The van der Waals surface area contributed by atoms with Crippen LogP contribution < -0.4 is 10.3 Å². The van der Waals surface area contributed by atoms with E-state index < -0.39 is 20.0 Å². The van der Waals surface area contributed by atoms with Crippen molar-refractivity contribution in [3.63, 3.8) is 0 Å². The summed E-state index contributed by atoms with van der Waals surface area (Å²) in [5.74, 6) is 1.69. The molecule has 36 heavy (non-hydrogen) atoms. The number of hydrogen-bond donors (Lipinski definition) is 2. The van der Waals surface area contributed by atoms with Crippen LogP contribution in [-0.2, 0) is 20.0 Å². The van der Waals surface area contributed by atoms with Crippen LogP contribution in [0.2, 0.25) is 0 Å². The molecule has 4 N–H and O–H groups in total. The largest absolute Gasteiger partial charge is 0.289 e. The fourth-order valence-corrected chi connectivity index (χ4v) is 10.2. The summed E-state index contributed by atoms with van der Waals surface area (Å²) in [5, 5.41) is 11.3. The highest BCUT2D eigenvalue weighted by Gasteiger charge is 2.48. The molecule has 4 bridgehead atoms. The minimum atomic E-state index is -4.10. The third-order valence-electron chi connectivity index (χ3n) is 9.96. The van der Waals surface area contributed by atoms with Crippen molar-refractivity contribution in [2.75, 3.05) is 0 Å². The number of ketones is 1. The van der Waals surface area contributed by atoms with Gasteiger partial charge in [0.15, 0.2) is 5.78 Å². The van der Waals surface area contributed by atoms with Crippen molar-refractivity contribution in [2.45, 2.75) is 73.0 Å². The van der Waals surface area contributed by atoms with Crippen LogP contribution in [0, 0.1) is 23.7 Å². The average molecular weight is 527 g/mol. The molecule has 0 heterocycles. The zero-order valence-electron chi connectivity index (χ0n) is 19.9. The van der Waals surface area contributed by atoms with Gasteiger partial charge in [0.25, 0.3) is 0 Å². The molecule has 0 spiro atoms. The SMILES string of the molecule is NS(=O)(=O)c1ccc2c(c1)C(=O)c1c-2cc(C2CC3CCC2C3)c(S(N)(=O)=O)c1C1CC2CCC1C2. The van der Waals surface area contributed by atoms with Gasteiger partial charge in [-0.3, -0.25) is 4.79 Å². The van der Waals surface area contributed by atoms with Gasteiger partial charge < -0.3 is 0 Å². The van der Waals surface area contributed by atoms with E-state index in [2.05, 4.69) is 0 Å². The molecule has 5 aliphatic rings. The smallest absolute Gasteiger partial charge is 0.238 e. The lowest BCUT2D eigenvalue weighted by Gasteiger charge is -2.31. The van der Waals surface area contributed by atoms with E-state index in [-0.39, 0.29) is 33.0 Å². The number of benzene rings is 2. The first-order valence-electron chi connectivity index (χ1n) is 13.0. The van der Waals surface area contributed by atoms with Gasteiger partial charge in [-0.05, 0) is 114 Å². The van der Waals surface area contributed by atoms with Crippen LogP contribution in [0.4, 0.5) is 0 Å². The fraction of sp³-hybridized carbons (Fsp3) is 0.519. The summed E-state index contributed by atoms with van der Waals surface area (Å²) in [6, 6.07) is 6.31. The van der Waals surface area contributed by atoms with Crippen LogP contribution in [0.5, 0.6) is 0 Å². The minimum absolute atomic E-state index is 0.0275. The molecule has 0 radical (unpaired) electrons. The summed E-state index contributed by atoms with van der Waals surface area (Å²) >= 11 is 0. The molecule has 4 fully saturated rings. The van der Waals surface area contributed by atoms with E-state index in [9.17, 15) is 21.6 Å². The lowest BCUT2D eigenvalue weighted by Crippen LogP contribution is -2.25. The number of primary sulfonamides is 2. The summed E-state index contributed by atoms with van der Waals surface area (Å²) in [6.07, 6.45) is 8.44. The summed E-state index contributed by atoms with van der Waals surface area (Å²) in [5.41, 5.74) is 3.43. The number of hydrogen-bond acceptors (Lipinski definition) is 5. The maximum Gasteiger partial charge on any atom is 0.238 e. The molecule has 6 unspecified atom stereocenters. The Hall–Kier alpha value is -2.07. The monoisotopic (exact) mass is 526 g/mol. The molecule has 190 valence electrons. The minimum Gasteiger partial charge on any atom is -0.289 e. The van der Waals surface area contributed by atoms with Crippen LogP contribution in [0.1, 0.15) is 90.3 Å². The predicted octanol–water partition coefficient (Wildman–Crippen LogP) is 4.00. The molecule has 7 rings (SSSR count). The Kier molecular flexibility index (Phi) is 4.80. The first-order valence-corrected chi connectivity index (χ1v) is 16.1. The zero-order valence-corrected chi connectivity index (χ0v) is 21.6. The highest BCUT2D eigenvalue weighted by molar-refractivity contribution is 7.89. The number of nitrogens with two attached hydrogens (primary N) is 2. The Bertz CT molecular complexity index is 1560. The Morgan fingerprint density at radius 2 is 1.33 bits per heavy atom. The Balaban J connectivity index is 1.53. The van der Waals surface area contributed by atoms with Crippen molar-refractivity contribution in [3.05, 3.63) is 46.5 Å². The molecule has 0 aliphatic heterocycles. The van der Waals surface area contributed by atoms with E-state index in [4.69, 9.17) is 10.3 Å². The van der Waals surface area contributed by atoms with Gasteiger partial charge in [0.05, 0.1) is 9.79 Å². The lowest BCUT2D eigenvalue weighted by atomic mass is 9.76. The highest BCUT2D eigenvalue weighted by Crippen LogP contribution is 2.60. The van der Waals surface area contributed by atoms with Gasteiger partial charge in [-0.25, -0.2) is 27.1 Å². The second kappa shape index (κ2) is 7.49. The Morgan fingerprint density at radius 1 is 0.694 bits per heavy atom. The summed E-state index contributed by atoms with van der Waals surface area (Å²) in [4.78, 5) is 14.0.